The molecule has 0 aromatic rings. The summed E-state index contributed by atoms with van der Waals surface area (Å²) < 4.78 is 0. The number of allylic oxidation sites excluding steroid dienone is 3. The first kappa shape index (κ1) is 24.0. The van der Waals surface area contributed by atoms with Crippen LogP contribution in [-0.2, 0) is 0 Å². The maximum atomic E-state index is 10.1. The third-order valence-corrected chi connectivity index (χ3v) is 8.59. The predicted octanol–water partition coefficient (Wildman–Crippen LogP) is 5.93. The Balaban J connectivity index is 1.73. The normalized spacial score (nSPS) is 37.7. The average molecular weight is 419 g/mol. The SMILES string of the molecule is C/C(C=C1C[C@@H](O)C[C@H](O)C1)=C1/CCC[C@]2(C)[C@@H]([C@H](C)CCCC(C)(C)O)CC[C@@H]12. The summed E-state index contributed by atoms with van der Waals surface area (Å²) in [5.41, 5.74) is 4.11. The molecule has 3 aliphatic carbocycles. The fourth-order valence-corrected chi connectivity index (χ4v) is 7.18. The Kier molecular flexibility index (Phi) is 7.58. The van der Waals surface area contributed by atoms with Gasteiger partial charge in [0.2, 0.25) is 0 Å². The quantitative estimate of drug-likeness (QED) is 0.501. The van der Waals surface area contributed by atoms with E-state index in [0.29, 0.717) is 36.5 Å². The van der Waals surface area contributed by atoms with Gasteiger partial charge in [-0.15, -0.1) is 0 Å². The molecular weight excluding hydrogens is 372 g/mol. The first-order chi connectivity index (χ1) is 14.0. The van der Waals surface area contributed by atoms with Crippen molar-refractivity contribution in [3.63, 3.8) is 0 Å². The van der Waals surface area contributed by atoms with Crippen molar-refractivity contribution >= 4 is 0 Å². The molecule has 0 saturated heterocycles. The summed E-state index contributed by atoms with van der Waals surface area (Å²) in [5, 5.41) is 30.2. The van der Waals surface area contributed by atoms with E-state index in [0.717, 1.165) is 18.8 Å². The molecule has 0 heterocycles. The van der Waals surface area contributed by atoms with Gasteiger partial charge in [0.25, 0.3) is 0 Å². The van der Waals surface area contributed by atoms with Crippen LogP contribution in [0.2, 0.25) is 0 Å². The van der Waals surface area contributed by atoms with Crippen LogP contribution in [0.5, 0.6) is 0 Å². The first-order valence-electron chi connectivity index (χ1n) is 12.5. The third-order valence-electron chi connectivity index (χ3n) is 8.59. The summed E-state index contributed by atoms with van der Waals surface area (Å²) >= 11 is 0. The van der Waals surface area contributed by atoms with Crippen molar-refractivity contribution < 1.29 is 15.3 Å². The smallest absolute Gasteiger partial charge is 0.0602 e. The lowest BCUT2D eigenvalue weighted by molar-refractivity contribution is 0.0590. The molecule has 0 spiro atoms. The predicted molar refractivity (Wildman–Crippen MR) is 124 cm³/mol. The molecule has 172 valence electrons. The van der Waals surface area contributed by atoms with E-state index in [4.69, 9.17) is 0 Å². The minimum Gasteiger partial charge on any atom is -0.393 e. The number of hydrogen-bond acceptors (Lipinski definition) is 3. The molecule has 3 saturated carbocycles. The molecule has 3 aliphatic rings. The molecule has 3 heteroatoms. The van der Waals surface area contributed by atoms with E-state index < -0.39 is 17.8 Å². The van der Waals surface area contributed by atoms with Gasteiger partial charge >= 0.3 is 0 Å². The molecule has 0 radical (unpaired) electrons. The lowest BCUT2D eigenvalue weighted by atomic mass is 9.60. The van der Waals surface area contributed by atoms with Crippen LogP contribution >= 0.6 is 0 Å². The zero-order chi connectivity index (χ0) is 22.1. The van der Waals surface area contributed by atoms with Crippen LogP contribution in [0.4, 0.5) is 0 Å². The molecule has 0 aromatic heterocycles. The average Bonchev–Trinajstić information content (AvgIpc) is 2.96. The van der Waals surface area contributed by atoms with Crippen molar-refractivity contribution in [2.45, 2.75) is 123 Å². The summed E-state index contributed by atoms with van der Waals surface area (Å²) in [5.74, 6) is 2.17. The lowest BCUT2D eigenvalue weighted by Gasteiger charge is -2.45. The molecule has 3 N–H and O–H groups in total. The number of aliphatic hydroxyl groups excluding tert-OH is 2. The van der Waals surface area contributed by atoms with Crippen LogP contribution in [0.3, 0.4) is 0 Å². The van der Waals surface area contributed by atoms with Gasteiger partial charge in [-0.1, -0.05) is 49.5 Å². The van der Waals surface area contributed by atoms with E-state index in [1.165, 1.54) is 49.7 Å². The van der Waals surface area contributed by atoms with Gasteiger partial charge < -0.3 is 15.3 Å². The van der Waals surface area contributed by atoms with E-state index >= 15 is 0 Å². The monoisotopic (exact) mass is 418 g/mol. The molecule has 30 heavy (non-hydrogen) atoms. The molecule has 0 bridgehead atoms. The standard InChI is InChI=1S/C27H46O3/c1-18(8-6-12-26(3,4)30)24-10-11-25-23(9-7-13-27(24,25)5)19(2)14-20-15-21(28)17-22(29)16-20/h14,18,21-22,24-25,28-30H,6-13,15-17H2,1-5H3/b23-19+/t18-,21-,22-,24-,25+,27-/m1/s1. The second-order valence-corrected chi connectivity index (χ2v) is 11.7. The fourth-order valence-electron chi connectivity index (χ4n) is 7.18. The van der Waals surface area contributed by atoms with Gasteiger partial charge in [0.05, 0.1) is 17.8 Å². The molecule has 0 aliphatic heterocycles. The third kappa shape index (κ3) is 5.58. The topological polar surface area (TPSA) is 60.7 Å². The number of rotatable bonds is 6. The Labute approximate surface area is 184 Å². The molecule has 3 fully saturated rings. The highest BCUT2D eigenvalue weighted by molar-refractivity contribution is 5.33. The molecule has 6 atom stereocenters. The van der Waals surface area contributed by atoms with Gasteiger partial charge in [0.1, 0.15) is 0 Å². The molecule has 0 unspecified atom stereocenters. The largest absolute Gasteiger partial charge is 0.393 e. The van der Waals surface area contributed by atoms with Crippen molar-refractivity contribution in [3.05, 3.63) is 22.8 Å². The van der Waals surface area contributed by atoms with E-state index in [1.54, 1.807) is 5.57 Å². The summed E-state index contributed by atoms with van der Waals surface area (Å²) in [7, 11) is 0. The Bertz CT molecular complexity index is 644. The Morgan fingerprint density at radius 2 is 1.87 bits per heavy atom. The van der Waals surface area contributed by atoms with Crippen LogP contribution in [-0.4, -0.2) is 33.1 Å². The van der Waals surface area contributed by atoms with Crippen molar-refractivity contribution in [1.82, 2.24) is 0 Å². The number of hydrogen-bond donors (Lipinski definition) is 3. The first-order valence-corrected chi connectivity index (χ1v) is 12.5. The van der Waals surface area contributed by atoms with Gasteiger partial charge in [0.15, 0.2) is 0 Å². The minimum atomic E-state index is -0.548. The van der Waals surface area contributed by atoms with E-state index in [-0.39, 0.29) is 0 Å². The van der Waals surface area contributed by atoms with Crippen molar-refractivity contribution in [3.8, 4) is 0 Å². The number of fused-ring (bicyclic) bond motifs is 1. The van der Waals surface area contributed by atoms with Gasteiger partial charge in [-0.3, -0.25) is 0 Å². The Morgan fingerprint density at radius 1 is 1.20 bits per heavy atom. The number of aliphatic hydroxyl groups is 3. The van der Waals surface area contributed by atoms with E-state index in [9.17, 15) is 15.3 Å². The highest BCUT2D eigenvalue weighted by atomic mass is 16.3. The highest BCUT2D eigenvalue weighted by Gasteiger charge is 2.50. The Hall–Kier alpha value is -0.640. The maximum absolute atomic E-state index is 10.1. The van der Waals surface area contributed by atoms with Crippen LogP contribution < -0.4 is 0 Å². The second-order valence-electron chi connectivity index (χ2n) is 11.7. The van der Waals surface area contributed by atoms with Gasteiger partial charge in [-0.25, -0.2) is 0 Å². The molecular formula is C27H46O3. The summed E-state index contributed by atoms with van der Waals surface area (Å²) in [6.07, 6.45) is 13.1. The maximum Gasteiger partial charge on any atom is 0.0602 e. The van der Waals surface area contributed by atoms with Crippen LogP contribution in [0.1, 0.15) is 105 Å². The van der Waals surface area contributed by atoms with E-state index in [1.807, 2.05) is 13.8 Å². The molecule has 3 rings (SSSR count). The molecule has 3 nitrogen and oxygen atoms in total. The molecule has 0 aromatic carbocycles. The van der Waals surface area contributed by atoms with Crippen molar-refractivity contribution in [2.24, 2.45) is 23.2 Å². The van der Waals surface area contributed by atoms with Crippen molar-refractivity contribution in [2.75, 3.05) is 0 Å². The highest BCUT2D eigenvalue weighted by Crippen LogP contribution is 2.60. The zero-order valence-electron chi connectivity index (χ0n) is 20.1. The summed E-state index contributed by atoms with van der Waals surface area (Å²) in [6.45, 7) is 11.1. The fraction of sp³-hybridized carbons (Fsp3) is 0.852. The summed E-state index contributed by atoms with van der Waals surface area (Å²) in [6, 6.07) is 0. The summed E-state index contributed by atoms with van der Waals surface area (Å²) in [4.78, 5) is 0. The van der Waals surface area contributed by atoms with Crippen LogP contribution in [0.15, 0.2) is 22.8 Å². The van der Waals surface area contributed by atoms with Crippen LogP contribution in [0.25, 0.3) is 0 Å². The van der Waals surface area contributed by atoms with Crippen LogP contribution in [0, 0.1) is 23.2 Å². The van der Waals surface area contributed by atoms with Gasteiger partial charge in [-0.2, -0.15) is 0 Å². The minimum absolute atomic E-state index is 0.393. The van der Waals surface area contributed by atoms with E-state index in [2.05, 4.69) is 26.8 Å². The molecule has 0 amide bonds. The van der Waals surface area contributed by atoms with Crippen molar-refractivity contribution in [1.29, 1.82) is 0 Å². The Morgan fingerprint density at radius 3 is 2.50 bits per heavy atom. The van der Waals surface area contributed by atoms with Gasteiger partial charge in [0, 0.05) is 0 Å². The van der Waals surface area contributed by atoms with Gasteiger partial charge in [-0.05, 0) is 102 Å². The second kappa shape index (κ2) is 9.46. The lowest BCUT2D eigenvalue weighted by Crippen LogP contribution is -2.36. The zero-order valence-corrected chi connectivity index (χ0v) is 20.1.